The summed E-state index contributed by atoms with van der Waals surface area (Å²) in [6.45, 7) is 1.54. The van der Waals surface area contributed by atoms with E-state index in [-0.39, 0.29) is 5.91 Å². The van der Waals surface area contributed by atoms with Crippen molar-refractivity contribution < 1.29 is 19.4 Å². The average molecular weight is 261 g/mol. The van der Waals surface area contributed by atoms with Crippen molar-refractivity contribution in [3.05, 3.63) is 29.8 Å². The van der Waals surface area contributed by atoms with E-state index < -0.39 is 12.6 Å². The van der Waals surface area contributed by atoms with Gasteiger partial charge in [-0.2, -0.15) is 0 Å². The predicted molar refractivity (Wildman–Crippen MR) is 69.8 cm³/mol. The molecule has 1 amide bonds. The third-order valence-corrected chi connectivity index (χ3v) is 2.09. The molecule has 0 aliphatic rings. The molecule has 100 valence electrons. The molecule has 1 aromatic rings. The molecular formula is C14H15NO4. The second-order valence-electron chi connectivity index (χ2n) is 3.71. The van der Waals surface area contributed by atoms with Crippen LogP contribution in [0.3, 0.4) is 0 Å². The number of para-hydroxylation sites is 1. The summed E-state index contributed by atoms with van der Waals surface area (Å²) in [6.07, 6.45) is 0.521. The van der Waals surface area contributed by atoms with Crippen LogP contribution in [0.25, 0.3) is 0 Å². The van der Waals surface area contributed by atoms with Crippen LogP contribution in [0.5, 0.6) is 5.75 Å². The zero-order valence-corrected chi connectivity index (χ0v) is 10.6. The largest absolute Gasteiger partial charge is 0.481 e. The third kappa shape index (κ3) is 6.13. The lowest BCUT2D eigenvalue weighted by atomic mass is 10.2. The van der Waals surface area contributed by atoms with Crippen molar-refractivity contribution in [2.45, 2.75) is 13.3 Å². The number of hydrogen-bond acceptors (Lipinski definition) is 3. The van der Waals surface area contributed by atoms with Crippen LogP contribution in [-0.2, 0) is 9.59 Å². The number of benzene rings is 1. The van der Waals surface area contributed by atoms with Gasteiger partial charge in [0.15, 0.2) is 6.61 Å². The monoisotopic (exact) mass is 261 g/mol. The zero-order valence-electron chi connectivity index (χ0n) is 10.6. The predicted octanol–water partition coefficient (Wildman–Crippen LogP) is 1.03. The maximum absolute atomic E-state index is 10.6. The smallest absolute Gasteiger partial charge is 0.341 e. The highest BCUT2D eigenvalue weighted by Crippen LogP contribution is 2.16. The van der Waals surface area contributed by atoms with E-state index in [1.165, 1.54) is 6.92 Å². The number of ether oxygens (including phenoxy) is 1. The fraction of sp³-hybridized carbons (Fsp3) is 0.286. The summed E-state index contributed by atoms with van der Waals surface area (Å²) in [4.78, 5) is 21.1. The molecular weight excluding hydrogens is 246 g/mol. The molecule has 0 aromatic heterocycles. The van der Waals surface area contributed by atoms with Crippen LogP contribution in [0.2, 0.25) is 0 Å². The Balaban J connectivity index is 2.59. The highest BCUT2D eigenvalue weighted by atomic mass is 16.5. The van der Waals surface area contributed by atoms with E-state index in [1.54, 1.807) is 24.3 Å². The normalized spacial score (nSPS) is 9.11. The molecule has 0 atom stereocenters. The van der Waals surface area contributed by atoms with Crippen molar-refractivity contribution in [2.24, 2.45) is 0 Å². The molecule has 0 unspecified atom stereocenters. The SMILES string of the molecule is CC(=O)NCCC#Cc1ccccc1OCC(=O)O. The molecule has 0 fully saturated rings. The van der Waals surface area contributed by atoms with Crippen molar-refractivity contribution in [1.82, 2.24) is 5.32 Å². The van der Waals surface area contributed by atoms with Gasteiger partial charge < -0.3 is 15.2 Å². The van der Waals surface area contributed by atoms with Gasteiger partial charge in [-0.25, -0.2) is 4.79 Å². The van der Waals surface area contributed by atoms with Crippen LogP contribution in [0.15, 0.2) is 24.3 Å². The van der Waals surface area contributed by atoms with E-state index in [1.807, 2.05) is 0 Å². The van der Waals surface area contributed by atoms with Gasteiger partial charge >= 0.3 is 5.97 Å². The Morgan fingerprint density at radius 2 is 2.11 bits per heavy atom. The Labute approximate surface area is 111 Å². The number of aliphatic carboxylic acids is 1. The number of rotatable bonds is 5. The maximum atomic E-state index is 10.6. The van der Waals surface area contributed by atoms with E-state index in [0.29, 0.717) is 24.3 Å². The fourth-order valence-electron chi connectivity index (χ4n) is 1.29. The Morgan fingerprint density at radius 1 is 1.37 bits per heavy atom. The number of hydrogen-bond donors (Lipinski definition) is 2. The molecule has 1 aromatic carbocycles. The summed E-state index contributed by atoms with van der Waals surface area (Å²) in [7, 11) is 0. The summed E-state index contributed by atoms with van der Waals surface area (Å²) in [5.74, 6) is 5.10. The summed E-state index contributed by atoms with van der Waals surface area (Å²) in [5.41, 5.74) is 0.631. The van der Waals surface area contributed by atoms with Crippen LogP contribution in [-0.4, -0.2) is 30.1 Å². The molecule has 1 rings (SSSR count). The number of carboxylic acid groups (broad SMARTS) is 1. The molecule has 0 spiro atoms. The Morgan fingerprint density at radius 3 is 2.79 bits per heavy atom. The Hall–Kier alpha value is -2.48. The van der Waals surface area contributed by atoms with Crippen LogP contribution >= 0.6 is 0 Å². The maximum Gasteiger partial charge on any atom is 0.341 e. The number of carboxylic acids is 1. The fourth-order valence-corrected chi connectivity index (χ4v) is 1.29. The second kappa shape index (κ2) is 7.77. The van der Waals surface area contributed by atoms with Gasteiger partial charge in [0.05, 0.1) is 5.56 Å². The molecule has 5 nitrogen and oxygen atoms in total. The summed E-state index contributed by atoms with van der Waals surface area (Å²) < 4.78 is 5.12. The summed E-state index contributed by atoms with van der Waals surface area (Å²) in [6, 6.07) is 6.97. The van der Waals surface area contributed by atoms with Crippen LogP contribution in [0.1, 0.15) is 18.9 Å². The van der Waals surface area contributed by atoms with Crippen molar-refractivity contribution in [3.63, 3.8) is 0 Å². The van der Waals surface area contributed by atoms with E-state index >= 15 is 0 Å². The molecule has 5 heteroatoms. The molecule has 0 aliphatic heterocycles. The van der Waals surface area contributed by atoms with Crippen molar-refractivity contribution >= 4 is 11.9 Å². The number of nitrogens with one attached hydrogen (secondary N) is 1. The molecule has 19 heavy (non-hydrogen) atoms. The number of carbonyl (C=O) groups excluding carboxylic acids is 1. The van der Waals surface area contributed by atoms with E-state index in [9.17, 15) is 9.59 Å². The molecule has 0 heterocycles. The molecule has 0 saturated heterocycles. The minimum absolute atomic E-state index is 0.0907. The Bertz CT molecular complexity index is 514. The van der Waals surface area contributed by atoms with Crippen molar-refractivity contribution in [3.8, 4) is 17.6 Å². The minimum Gasteiger partial charge on any atom is -0.481 e. The summed E-state index contributed by atoms with van der Waals surface area (Å²) >= 11 is 0. The molecule has 0 aliphatic carbocycles. The van der Waals surface area contributed by atoms with Crippen LogP contribution in [0, 0.1) is 11.8 Å². The van der Waals surface area contributed by atoms with Gasteiger partial charge in [0, 0.05) is 19.9 Å². The van der Waals surface area contributed by atoms with Gasteiger partial charge in [0.2, 0.25) is 5.91 Å². The first-order chi connectivity index (χ1) is 9.09. The lowest BCUT2D eigenvalue weighted by Crippen LogP contribution is -2.20. The van der Waals surface area contributed by atoms with Gasteiger partial charge in [-0.1, -0.05) is 24.0 Å². The van der Waals surface area contributed by atoms with Crippen molar-refractivity contribution in [1.29, 1.82) is 0 Å². The standard InChI is InChI=1S/C14H15NO4/c1-11(16)15-9-5-4-7-12-6-2-3-8-13(12)19-10-14(17)18/h2-3,6,8H,5,9-10H2,1H3,(H,15,16)(H,17,18). The lowest BCUT2D eigenvalue weighted by molar-refractivity contribution is -0.139. The first kappa shape index (κ1) is 14.6. The van der Waals surface area contributed by atoms with Gasteiger partial charge in [0.25, 0.3) is 0 Å². The number of carbonyl (C=O) groups is 2. The first-order valence-corrected chi connectivity index (χ1v) is 5.76. The molecule has 0 saturated carbocycles. The molecule has 0 radical (unpaired) electrons. The zero-order chi connectivity index (χ0) is 14.1. The lowest BCUT2D eigenvalue weighted by Gasteiger charge is -2.04. The van der Waals surface area contributed by atoms with Gasteiger partial charge in [-0.05, 0) is 12.1 Å². The van der Waals surface area contributed by atoms with Crippen molar-refractivity contribution in [2.75, 3.05) is 13.2 Å². The topological polar surface area (TPSA) is 75.6 Å². The van der Waals surface area contributed by atoms with Crippen LogP contribution in [0.4, 0.5) is 0 Å². The highest BCUT2D eigenvalue weighted by Gasteiger charge is 2.02. The van der Waals surface area contributed by atoms with Gasteiger partial charge in [0.1, 0.15) is 5.75 Å². The quantitative estimate of drug-likeness (QED) is 0.613. The van der Waals surface area contributed by atoms with Gasteiger partial charge in [-0.3, -0.25) is 4.79 Å². The average Bonchev–Trinajstić information content (AvgIpc) is 2.36. The van der Waals surface area contributed by atoms with E-state index in [0.717, 1.165) is 0 Å². The Kier molecular flexibility index (Phi) is 5.96. The molecule has 0 bridgehead atoms. The van der Waals surface area contributed by atoms with Crippen LogP contribution < -0.4 is 10.1 Å². The van der Waals surface area contributed by atoms with Gasteiger partial charge in [-0.15, -0.1) is 0 Å². The highest BCUT2D eigenvalue weighted by molar-refractivity contribution is 5.72. The second-order valence-corrected chi connectivity index (χ2v) is 3.71. The summed E-state index contributed by atoms with van der Waals surface area (Å²) in [5, 5.41) is 11.2. The molecule has 2 N–H and O–H groups in total. The minimum atomic E-state index is -1.03. The first-order valence-electron chi connectivity index (χ1n) is 5.76. The third-order valence-electron chi connectivity index (χ3n) is 2.09. The van der Waals surface area contributed by atoms with E-state index in [2.05, 4.69) is 17.2 Å². The van der Waals surface area contributed by atoms with E-state index in [4.69, 9.17) is 9.84 Å². The number of amides is 1.